The Labute approximate surface area is 74.5 Å². The smallest absolute Gasteiger partial charge is 0.0975 e. The Morgan fingerprint density at radius 3 is 2.55 bits per heavy atom. The molecule has 0 bridgehead atoms. The Hall–Kier alpha value is -0.340. The number of ether oxygens (including phenoxy) is 1. The molecule has 2 atom stereocenters. The van der Waals surface area contributed by atoms with E-state index in [1.54, 1.807) is 0 Å². The Balaban J connectivity index is 2.15. The Bertz CT molecular complexity index is 231. The molecule has 1 nitrogen and oxygen atoms in total. The van der Waals surface area contributed by atoms with Gasteiger partial charge in [-0.25, -0.2) is 0 Å². The minimum Gasteiger partial charge on any atom is -0.372 e. The molecule has 0 saturated carbocycles. The molecule has 0 spiro atoms. The van der Waals surface area contributed by atoms with Crippen LogP contribution in [0.25, 0.3) is 0 Å². The van der Waals surface area contributed by atoms with Crippen LogP contribution in [0.15, 0.2) is 30.3 Å². The number of alkyl halides is 1. The zero-order chi connectivity index (χ0) is 7.68. The van der Waals surface area contributed by atoms with Gasteiger partial charge < -0.3 is 4.74 Å². The molecule has 2 heteroatoms. The second-order valence-electron chi connectivity index (χ2n) is 2.68. The molecule has 0 aromatic heterocycles. The van der Waals surface area contributed by atoms with Crippen LogP contribution < -0.4 is 0 Å². The van der Waals surface area contributed by atoms with Gasteiger partial charge in [0.15, 0.2) is 0 Å². The minimum atomic E-state index is 0.378. The van der Waals surface area contributed by atoms with Crippen LogP contribution in [0.2, 0.25) is 0 Å². The summed E-state index contributed by atoms with van der Waals surface area (Å²) >= 11 is 3.59. The molecule has 0 radical (unpaired) electrons. The third-order valence-electron chi connectivity index (χ3n) is 1.80. The van der Waals surface area contributed by atoms with Gasteiger partial charge in [-0.2, -0.15) is 0 Å². The van der Waals surface area contributed by atoms with Crippen LogP contribution in [0, 0.1) is 0 Å². The Kier molecular flexibility index (Phi) is 1.96. The molecule has 11 heavy (non-hydrogen) atoms. The lowest BCUT2D eigenvalue weighted by atomic mass is 10.1. The molecule has 0 aliphatic carbocycles. The van der Waals surface area contributed by atoms with Crippen molar-refractivity contribution in [3.63, 3.8) is 0 Å². The van der Waals surface area contributed by atoms with Crippen LogP contribution in [-0.2, 0) is 4.74 Å². The van der Waals surface area contributed by atoms with Crippen molar-refractivity contribution in [1.29, 1.82) is 0 Å². The highest BCUT2D eigenvalue weighted by molar-refractivity contribution is 9.09. The van der Waals surface area contributed by atoms with E-state index in [2.05, 4.69) is 28.1 Å². The van der Waals surface area contributed by atoms with Crippen molar-refractivity contribution >= 4 is 15.9 Å². The van der Waals surface area contributed by atoms with Crippen molar-refractivity contribution in [3.8, 4) is 0 Å². The largest absolute Gasteiger partial charge is 0.372 e. The quantitative estimate of drug-likeness (QED) is 0.543. The van der Waals surface area contributed by atoms with Crippen molar-refractivity contribution in [2.45, 2.75) is 10.9 Å². The van der Waals surface area contributed by atoms with Crippen molar-refractivity contribution in [1.82, 2.24) is 0 Å². The van der Waals surface area contributed by atoms with E-state index in [4.69, 9.17) is 4.74 Å². The van der Waals surface area contributed by atoms with Gasteiger partial charge in [0.05, 0.1) is 17.5 Å². The first-order chi connectivity index (χ1) is 5.38. The monoisotopic (exact) mass is 212 g/mol. The molecule has 58 valence electrons. The summed E-state index contributed by atoms with van der Waals surface area (Å²) in [4.78, 5) is 0.378. The number of rotatable bonds is 2. The van der Waals surface area contributed by atoms with Gasteiger partial charge in [-0.15, -0.1) is 0 Å². The molecule has 1 aromatic rings. The van der Waals surface area contributed by atoms with Crippen LogP contribution in [0.4, 0.5) is 0 Å². The molecule has 1 aliphatic heterocycles. The van der Waals surface area contributed by atoms with Gasteiger partial charge in [0.25, 0.3) is 0 Å². The SMILES string of the molecule is Br[C@H](c1ccccc1)[C@H]1CO1. The summed E-state index contributed by atoms with van der Waals surface area (Å²) in [6, 6.07) is 10.3. The molecule has 0 N–H and O–H groups in total. The van der Waals surface area contributed by atoms with E-state index in [1.807, 2.05) is 18.2 Å². The zero-order valence-corrected chi connectivity index (χ0v) is 7.62. The standard InChI is InChI=1S/C9H9BrO/c10-9(8-6-11-8)7-4-2-1-3-5-7/h1-5,8-9H,6H2/t8-,9-/m1/s1. The summed E-state index contributed by atoms with van der Waals surface area (Å²) in [5.41, 5.74) is 1.30. The summed E-state index contributed by atoms with van der Waals surface area (Å²) in [6.07, 6.45) is 0.400. The van der Waals surface area contributed by atoms with E-state index < -0.39 is 0 Å². The number of epoxide rings is 1. The number of hydrogen-bond donors (Lipinski definition) is 0. The number of benzene rings is 1. The molecule has 1 aliphatic rings. The van der Waals surface area contributed by atoms with Gasteiger partial charge in [0, 0.05) is 0 Å². The third kappa shape index (κ3) is 1.63. The fourth-order valence-corrected chi connectivity index (χ4v) is 1.69. The van der Waals surface area contributed by atoms with Crippen LogP contribution in [0.1, 0.15) is 10.4 Å². The van der Waals surface area contributed by atoms with Gasteiger partial charge >= 0.3 is 0 Å². The summed E-state index contributed by atoms with van der Waals surface area (Å²) in [5.74, 6) is 0. The predicted octanol–water partition coefficient (Wildman–Crippen LogP) is 2.52. The van der Waals surface area contributed by atoms with Crippen molar-refractivity contribution in [2.75, 3.05) is 6.61 Å². The molecule has 1 saturated heterocycles. The summed E-state index contributed by atoms with van der Waals surface area (Å²) in [7, 11) is 0. The van der Waals surface area contributed by atoms with Gasteiger partial charge in [0.2, 0.25) is 0 Å². The van der Waals surface area contributed by atoms with Gasteiger partial charge in [-0.3, -0.25) is 0 Å². The second-order valence-corrected chi connectivity index (χ2v) is 3.67. The molecule has 1 heterocycles. The normalized spacial score (nSPS) is 24.6. The summed E-state index contributed by atoms with van der Waals surface area (Å²) in [5, 5.41) is 0. The number of hydrogen-bond acceptors (Lipinski definition) is 1. The second kappa shape index (κ2) is 2.95. The highest BCUT2D eigenvalue weighted by Gasteiger charge is 2.31. The third-order valence-corrected chi connectivity index (χ3v) is 2.92. The summed E-state index contributed by atoms with van der Waals surface area (Å²) < 4.78 is 5.18. The first kappa shape index (κ1) is 7.32. The summed E-state index contributed by atoms with van der Waals surface area (Å²) in [6.45, 7) is 0.894. The molecule has 0 amide bonds. The van der Waals surface area contributed by atoms with E-state index in [-0.39, 0.29) is 0 Å². The topological polar surface area (TPSA) is 12.5 Å². The average Bonchev–Trinajstić information content (AvgIpc) is 2.87. The molecular formula is C9H9BrO. The molecule has 1 aromatic carbocycles. The van der Waals surface area contributed by atoms with Crippen LogP contribution in [-0.4, -0.2) is 12.7 Å². The highest BCUT2D eigenvalue weighted by atomic mass is 79.9. The van der Waals surface area contributed by atoms with Gasteiger partial charge in [-0.05, 0) is 5.56 Å². The lowest BCUT2D eigenvalue weighted by Gasteiger charge is -2.04. The lowest BCUT2D eigenvalue weighted by molar-refractivity contribution is 0.406. The van der Waals surface area contributed by atoms with Crippen molar-refractivity contribution in [3.05, 3.63) is 35.9 Å². The van der Waals surface area contributed by atoms with E-state index in [9.17, 15) is 0 Å². The maximum atomic E-state index is 5.18. The highest BCUT2D eigenvalue weighted by Crippen LogP contribution is 2.34. The molecular weight excluding hydrogens is 204 g/mol. The Morgan fingerprint density at radius 1 is 1.36 bits per heavy atom. The Morgan fingerprint density at radius 2 is 2.00 bits per heavy atom. The lowest BCUT2D eigenvalue weighted by Crippen LogP contribution is -1.96. The zero-order valence-electron chi connectivity index (χ0n) is 6.03. The average molecular weight is 213 g/mol. The van der Waals surface area contributed by atoms with E-state index in [0.717, 1.165) is 6.61 Å². The van der Waals surface area contributed by atoms with Crippen molar-refractivity contribution in [2.24, 2.45) is 0 Å². The fraction of sp³-hybridized carbons (Fsp3) is 0.333. The van der Waals surface area contributed by atoms with Crippen LogP contribution >= 0.6 is 15.9 Å². The fourth-order valence-electron chi connectivity index (χ4n) is 1.08. The van der Waals surface area contributed by atoms with Crippen molar-refractivity contribution < 1.29 is 4.74 Å². The molecule has 2 rings (SSSR count). The predicted molar refractivity (Wildman–Crippen MR) is 47.9 cm³/mol. The maximum Gasteiger partial charge on any atom is 0.0975 e. The van der Waals surface area contributed by atoms with Gasteiger partial charge in [-0.1, -0.05) is 46.3 Å². The first-order valence-corrected chi connectivity index (χ1v) is 4.60. The minimum absolute atomic E-state index is 0.378. The van der Waals surface area contributed by atoms with Crippen LogP contribution in [0.3, 0.4) is 0 Å². The molecule has 0 unspecified atom stereocenters. The maximum absolute atomic E-state index is 5.18. The number of halogens is 1. The van der Waals surface area contributed by atoms with E-state index >= 15 is 0 Å². The van der Waals surface area contributed by atoms with Gasteiger partial charge in [0.1, 0.15) is 0 Å². The van der Waals surface area contributed by atoms with E-state index in [1.165, 1.54) is 5.56 Å². The molecule has 1 fully saturated rings. The van der Waals surface area contributed by atoms with Crippen LogP contribution in [0.5, 0.6) is 0 Å². The first-order valence-electron chi connectivity index (χ1n) is 3.68. The van der Waals surface area contributed by atoms with E-state index in [0.29, 0.717) is 10.9 Å².